The summed E-state index contributed by atoms with van der Waals surface area (Å²) in [5, 5.41) is 11.7. The van der Waals surface area contributed by atoms with Crippen LogP contribution in [0.15, 0.2) is 54.9 Å². The summed E-state index contributed by atoms with van der Waals surface area (Å²) in [6, 6.07) is 12.5. The van der Waals surface area contributed by atoms with Gasteiger partial charge < -0.3 is 15.0 Å². The maximum atomic E-state index is 12.7. The number of ether oxygens (including phenoxy) is 1. The van der Waals surface area contributed by atoms with Crippen LogP contribution in [0.3, 0.4) is 0 Å². The van der Waals surface area contributed by atoms with Crippen molar-refractivity contribution in [2.45, 2.75) is 13.2 Å². The van der Waals surface area contributed by atoms with E-state index in [2.05, 4.69) is 35.2 Å². The van der Waals surface area contributed by atoms with Crippen molar-refractivity contribution in [2.75, 3.05) is 31.1 Å². The number of alkyl halides is 2. The Morgan fingerprint density at radius 1 is 1.00 bits per heavy atom. The van der Waals surface area contributed by atoms with Gasteiger partial charge in [-0.1, -0.05) is 29.5 Å². The maximum absolute atomic E-state index is 12.7. The van der Waals surface area contributed by atoms with Crippen molar-refractivity contribution in [2.24, 2.45) is 0 Å². The van der Waals surface area contributed by atoms with Crippen molar-refractivity contribution >= 4 is 17.0 Å². The van der Waals surface area contributed by atoms with Crippen molar-refractivity contribution < 1.29 is 13.5 Å². The second-order valence-corrected chi connectivity index (χ2v) is 7.45. The van der Waals surface area contributed by atoms with E-state index in [9.17, 15) is 8.78 Å². The molecule has 0 saturated carbocycles. The van der Waals surface area contributed by atoms with Crippen molar-refractivity contribution in [1.29, 1.82) is 0 Å². The lowest BCUT2D eigenvalue weighted by molar-refractivity contribution is -0.0505. The summed E-state index contributed by atoms with van der Waals surface area (Å²) in [5.74, 6) is 0.845. The molecule has 1 aliphatic rings. The van der Waals surface area contributed by atoms with Crippen LogP contribution >= 0.6 is 0 Å². The molecule has 1 aliphatic heterocycles. The number of aromatic nitrogens is 5. The van der Waals surface area contributed by atoms with E-state index in [1.165, 1.54) is 6.07 Å². The number of nitrogens with zero attached hydrogens (tertiary/aromatic N) is 6. The summed E-state index contributed by atoms with van der Waals surface area (Å²) in [5.41, 5.74) is 3.87. The standard InChI is InChI=1S/C22H21F2N7O/c23-21(24)32-20-4-2-1-3-16(20)14-31-19-11-15(5-6-18(19)28-29-31)17-12-26-22(27-13-17)30-9-7-25-8-10-30/h1-6,11-13,21,25H,7-10,14H2. The summed E-state index contributed by atoms with van der Waals surface area (Å²) in [4.78, 5) is 11.2. The van der Waals surface area contributed by atoms with Gasteiger partial charge in [0.2, 0.25) is 5.95 Å². The molecule has 5 rings (SSSR count). The third-order valence-electron chi connectivity index (χ3n) is 5.39. The highest BCUT2D eigenvalue weighted by molar-refractivity contribution is 5.81. The zero-order valence-electron chi connectivity index (χ0n) is 17.2. The number of hydrogen-bond donors (Lipinski definition) is 1. The molecule has 2 aromatic heterocycles. The molecule has 32 heavy (non-hydrogen) atoms. The molecule has 2 aromatic carbocycles. The largest absolute Gasteiger partial charge is 0.434 e. The van der Waals surface area contributed by atoms with E-state index in [1.54, 1.807) is 22.9 Å². The first kappa shape index (κ1) is 20.3. The number of fused-ring (bicyclic) bond motifs is 1. The zero-order valence-corrected chi connectivity index (χ0v) is 17.2. The van der Waals surface area contributed by atoms with Gasteiger partial charge in [0.15, 0.2) is 0 Å². The van der Waals surface area contributed by atoms with Crippen LogP contribution in [0.1, 0.15) is 5.56 Å². The Morgan fingerprint density at radius 3 is 2.56 bits per heavy atom. The number of anilines is 1. The van der Waals surface area contributed by atoms with Crippen molar-refractivity contribution in [1.82, 2.24) is 30.3 Å². The number of piperazine rings is 1. The van der Waals surface area contributed by atoms with Crippen LogP contribution in [0.2, 0.25) is 0 Å². The van der Waals surface area contributed by atoms with Gasteiger partial charge in [0, 0.05) is 49.7 Å². The van der Waals surface area contributed by atoms with Crippen LogP contribution in [0.25, 0.3) is 22.2 Å². The lowest BCUT2D eigenvalue weighted by Crippen LogP contribution is -2.44. The van der Waals surface area contributed by atoms with Gasteiger partial charge in [-0.2, -0.15) is 8.78 Å². The molecule has 0 radical (unpaired) electrons. The highest BCUT2D eigenvalue weighted by atomic mass is 19.3. The number of para-hydroxylation sites is 1. The smallest absolute Gasteiger partial charge is 0.387 e. The zero-order chi connectivity index (χ0) is 21.9. The molecule has 8 nitrogen and oxygen atoms in total. The van der Waals surface area contributed by atoms with E-state index in [4.69, 9.17) is 0 Å². The average Bonchev–Trinajstić information content (AvgIpc) is 3.23. The fraction of sp³-hybridized carbons (Fsp3) is 0.273. The first-order chi connectivity index (χ1) is 15.7. The van der Waals surface area contributed by atoms with E-state index in [1.807, 2.05) is 30.6 Å². The molecule has 4 aromatic rings. The average molecular weight is 437 g/mol. The monoisotopic (exact) mass is 437 g/mol. The fourth-order valence-electron chi connectivity index (χ4n) is 3.77. The summed E-state index contributed by atoms with van der Waals surface area (Å²) >= 11 is 0. The highest BCUT2D eigenvalue weighted by Crippen LogP contribution is 2.26. The summed E-state index contributed by atoms with van der Waals surface area (Å²) < 4.78 is 31.8. The fourth-order valence-corrected chi connectivity index (χ4v) is 3.77. The molecule has 0 atom stereocenters. The van der Waals surface area contributed by atoms with E-state index in [-0.39, 0.29) is 12.3 Å². The second kappa shape index (κ2) is 8.83. The number of hydrogen-bond acceptors (Lipinski definition) is 7. The summed E-state index contributed by atoms with van der Waals surface area (Å²) in [6.07, 6.45) is 3.62. The van der Waals surface area contributed by atoms with Crippen LogP contribution in [0.5, 0.6) is 5.75 Å². The van der Waals surface area contributed by atoms with Gasteiger partial charge in [-0.3, -0.25) is 0 Å². The number of rotatable bonds is 6. The molecule has 0 unspecified atom stereocenters. The predicted octanol–water partition coefficient (Wildman–Crippen LogP) is 2.95. The van der Waals surface area contributed by atoms with Crippen LogP contribution in [-0.4, -0.2) is 57.8 Å². The van der Waals surface area contributed by atoms with E-state index in [0.29, 0.717) is 11.1 Å². The molecule has 0 aliphatic carbocycles. The Kier molecular flexibility index (Phi) is 5.59. The van der Waals surface area contributed by atoms with Crippen LogP contribution in [0, 0.1) is 0 Å². The van der Waals surface area contributed by atoms with Gasteiger partial charge in [-0.15, -0.1) is 5.10 Å². The molecule has 164 valence electrons. The SMILES string of the molecule is FC(F)Oc1ccccc1Cn1nnc2ccc(-c3cnc(N4CCNCC4)nc3)cc21. The van der Waals surface area contributed by atoms with Crippen molar-refractivity contribution in [3.63, 3.8) is 0 Å². The summed E-state index contributed by atoms with van der Waals surface area (Å²) in [7, 11) is 0. The van der Waals surface area contributed by atoms with Gasteiger partial charge >= 0.3 is 6.61 Å². The second-order valence-electron chi connectivity index (χ2n) is 7.45. The van der Waals surface area contributed by atoms with E-state index in [0.717, 1.165) is 48.8 Å². The van der Waals surface area contributed by atoms with Gasteiger partial charge in [-0.25, -0.2) is 14.6 Å². The molecule has 0 bridgehead atoms. The number of nitrogens with one attached hydrogen (secondary N) is 1. The van der Waals surface area contributed by atoms with Gasteiger partial charge in [0.25, 0.3) is 0 Å². The lowest BCUT2D eigenvalue weighted by Gasteiger charge is -2.27. The number of halogens is 2. The maximum Gasteiger partial charge on any atom is 0.387 e. The molecule has 3 heterocycles. The Balaban J connectivity index is 1.42. The Bertz CT molecular complexity index is 1210. The predicted molar refractivity (Wildman–Crippen MR) is 116 cm³/mol. The minimum Gasteiger partial charge on any atom is -0.434 e. The van der Waals surface area contributed by atoms with Crippen LogP contribution in [0.4, 0.5) is 14.7 Å². The Labute approximate surface area is 182 Å². The minimum absolute atomic E-state index is 0.124. The highest BCUT2D eigenvalue weighted by Gasteiger charge is 2.15. The molecule has 1 N–H and O–H groups in total. The molecule has 0 amide bonds. The first-order valence-corrected chi connectivity index (χ1v) is 10.3. The quantitative estimate of drug-likeness (QED) is 0.497. The van der Waals surface area contributed by atoms with Crippen LogP contribution in [-0.2, 0) is 6.54 Å². The third kappa shape index (κ3) is 4.22. The van der Waals surface area contributed by atoms with Crippen molar-refractivity contribution in [3.05, 3.63) is 60.4 Å². The molecule has 1 fully saturated rings. The van der Waals surface area contributed by atoms with Crippen LogP contribution < -0.4 is 15.0 Å². The summed E-state index contributed by atoms with van der Waals surface area (Å²) in [6.45, 7) is 0.967. The number of benzene rings is 2. The normalized spacial score (nSPS) is 14.3. The first-order valence-electron chi connectivity index (χ1n) is 10.3. The Morgan fingerprint density at radius 2 is 1.78 bits per heavy atom. The molecular weight excluding hydrogens is 416 g/mol. The molecule has 10 heteroatoms. The van der Waals surface area contributed by atoms with Gasteiger partial charge in [0.05, 0.1) is 12.1 Å². The molecular formula is C22H21F2N7O. The lowest BCUT2D eigenvalue weighted by atomic mass is 10.1. The van der Waals surface area contributed by atoms with E-state index >= 15 is 0 Å². The van der Waals surface area contributed by atoms with E-state index < -0.39 is 6.61 Å². The Hall–Kier alpha value is -3.66. The van der Waals surface area contributed by atoms with Crippen molar-refractivity contribution in [3.8, 4) is 16.9 Å². The topological polar surface area (TPSA) is 81.0 Å². The third-order valence-corrected chi connectivity index (χ3v) is 5.39. The van der Waals surface area contributed by atoms with Gasteiger partial charge in [-0.05, 0) is 23.8 Å². The van der Waals surface area contributed by atoms with Gasteiger partial charge in [0.1, 0.15) is 11.3 Å². The molecule has 1 saturated heterocycles. The minimum atomic E-state index is -2.89. The molecule has 0 spiro atoms.